The van der Waals surface area contributed by atoms with Crippen LogP contribution in [0.5, 0.6) is 0 Å². The molecule has 0 atom stereocenters. The molecule has 2 heterocycles. The van der Waals surface area contributed by atoms with E-state index < -0.39 is 0 Å². The molecule has 0 radical (unpaired) electrons. The Bertz CT molecular complexity index is 343. The average molecular weight is 222 g/mol. The molecule has 2 aliphatic heterocycles. The van der Waals surface area contributed by atoms with E-state index in [0.29, 0.717) is 0 Å². The lowest BCUT2D eigenvalue weighted by Gasteiger charge is -2.22. The third-order valence-electron chi connectivity index (χ3n) is 3.92. The molecule has 2 saturated heterocycles. The van der Waals surface area contributed by atoms with Gasteiger partial charge >= 0.3 is 0 Å². The summed E-state index contributed by atoms with van der Waals surface area (Å²) in [6.45, 7) is 1.05. The summed E-state index contributed by atoms with van der Waals surface area (Å²) < 4.78 is 0. The zero-order chi connectivity index (χ0) is 10.3. The van der Waals surface area contributed by atoms with Gasteiger partial charge in [0.1, 0.15) is 0 Å². The lowest BCUT2D eigenvalue weighted by Crippen LogP contribution is -2.27. The minimum Gasteiger partial charge on any atom is -0.293 e. The first-order chi connectivity index (χ1) is 7.34. The van der Waals surface area contributed by atoms with Crippen LogP contribution in [0, 0.1) is 0 Å². The van der Waals surface area contributed by atoms with Crippen molar-refractivity contribution in [3.8, 4) is 0 Å². The van der Waals surface area contributed by atoms with Gasteiger partial charge in [-0.2, -0.15) is 0 Å². The van der Waals surface area contributed by atoms with Gasteiger partial charge in [0, 0.05) is 23.7 Å². The third-order valence-corrected chi connectivity index (χ3v) is 4.28. The molecule has 0 aliphatic carbocycles. The maximum Gasteiger partial charge on any atom is 0.0451 e. The van der Waals surface area contributed by atoms with E-state index >= 15 is 0 Å². The molecular formula is C13H16ClN. The highest BCUT2D eigenvalue weighted by molar-refractivity contribution is 6.31. The van der Waals surface area contributed by atoms with Crippen LogP contribution in [-0.2, 0) is 6.54 Å². The Balaban J connectivity index is 1.78. The Kier molecular flexibility index (Phi) is 2.45. The lowest BCUT2D eigenvalue weighted by atomic mass is 10.0. The van der Waals surface area contributed by atoms with Gasteiger partial charge in [0.2, 0.25) is 0 Å². The Labute approximate surface area is 96.0 Å². The van der Waals surface area contributed by atoms with Gasteiger partial charge in [-0.15, -0.1) is 0 Å². The fourth-order valence-electron chi connectivity index (χ4n) is 3.10. The van der Waals surface area contributed by atoms with Crippen LogP contribution in [0.4, 0.5) is 0 Å². The molecule has 0 amide bonds. The first kappa shape index (κ1) is 9.68. The van der Waals surface area contributed by atoms with Gasteiger partial charge in [-0.3, -0.25) is 4.90 Å². The van der Waals surface area contributed by atoms with Crippen LogP contribution in [-0.4, -0.2) is 17.0 Å². The summed E-state index contributed by atoms with van der Waals surface area (Å²) >= 11 is 6.19. The summed E-state index contributed by atoms with van der Waals surface area (Å²) in [5, 5.41) is 0.920. The molecule has 15 heavy (non-hydrogen) atoms. The van der Waals surface area contributed by atoms with E-state index in [1.165, 1.54) is 31.2 Å². The smallest absolute Gasteiger partial charge is 0.0451 e. The Morgan fingerprint density at radius 3 is 2.27 bits per heavy atom. The molecule has 2 fully saturated rings. The van der Waals surface area contributed by atoms with Crippen LogP contribution < -0.4 is 0 Å². The Morgan fingerprint density at radius 1 is 1.07 bits per heavy atom. The molecule has 0 aromatic heterocycles. The summed E-state index contributed by atoms with van der Waals surface area (Å²) in [5.41, 5.74) is 1.29. The maximum absolute atomic E-state index is 6.19. The van der Waals surface area contributed by atoms with E-state index in [4.69, 9.17) is 11.6 Å². The van der Waals surface area contributed by atoms with Crippen molar-refractivity contribution >= 4 is 11.6 Å². The molecule has 1 aromatic rings. The van der Waals surface area contributed by atoms with E-state index in [1.54, 1.807) is 0 Å². The van der Waals surface area contributed by atoms with E-state index in [9.17, 15) is 0 Å². The SMILES string of the molecule is Clc1ccccc1CN1C2CCC1CC2. The molecule has 0 N–H and O–H groups in total. The molecule has 0 unspecified atom stereocenters. The van der Waals surface area contributed by atoms with Crippen molar-refractivity contribution in [2.75, 3.05) is 0 Å². The second-order valence-electron chi connectivity index (χ2n) is 4.73. The third kappa shape index (κ3) is 1.68. The number of nitrogens with zero attached hydrogens (tertiary/aromatic N) is 1. The minimum atomic E-state index is 0.839. The van der Waals surface area contributed by atoms with Gasteiger partial charge in [-0.25, -0.2) is 0 Å². The van der Waals surface area contributed by atoms with E-state index in [0.717, 1.165) is 23.7 Å². The summed E-state index contributed by atoms with van der Waals surface area (Å²) in [4.78, 5) is 2.65. The van der Waals surface area contributed by atoms with Crippen LogP contribution in [0.2, 0.25) is 5.02 Å². The van der Waals surface area contributed by atoms with Gasteiger partial charge in [-0.1, -0.05) is 29.8 Å². The summed E-state index contributed by atoms with van der Waals surface area (Å²) in [7, 11) is 0. The normalized spacial score (nSPS) is 29.9. The summed E-state index contributed by atoms with van der Waals surface area (Å²) in [5.74, 6) is 0. The Morgan fingerprint density at radius 2 is 1.67 bits per heavy atom. The summed E-state index contributed by atoms with van der Waals surface area (Å²) in [6, 6.07) is 9.91. The number of benzene rings is 1. The van der Waals surface area contributed by atoms with Crippen molar-refractivity contribution in [2.45, 2.75) is 44.3 Å². The highest BCUT2D eigenvalue weighted by Gasteiger charge is 2.38. The topological polar surface area (TPSA) is 3.24 Å². The first-order valence-corrected chi connectivity index (χ1v) is 6.21. The standard InChI is InChI=1S/C13H16ClN/c14-13-4-2-1-3-10(13)9-15-11-5-6-12(15)8-7-11/h1-4,11-12H,5-9H2. The molecule has 1 nitrogen and oxygen atoms in total. The number of hydrogen-bond acceptors (Lipinski definition) is 1. The lowest BCUT2D eigenvalue weighted by molar-refractivity contribution is 0.244. The predicted octanol–water partition coefficient (Wildman–Crippen LogP) is 3.47. The second kappa shape index (κ2) is 3.80. The summed E-state index contributed by atoms with van der Waals surface area (Å²) in [6.07, 6.45) is 5.59. The maximum atomic E-state index is 6.19. The van der Waals surface area contributed by atoms with Crippen LogP contribution in [0.25, 0.3) is 0 Å². The highest BCUT2D eigenvalue weighted by atomic mass is 35.5. The molecular weight excluding hydrogens is 206 g/mol. The quantitative estimate of drug-likeness (QED) is 0.739. The molecule has 1 aromatic carbocycles. The van der Waals surface area contributed by atoms with E-state index in [-0.39, 0.29) is 0 Å². The van der Waals surface area contributed by atoms with Gasteiger partial charge in [0.25, 0.3) is 0 Å². The molecule has 80 valence electrons. The molecule has 0 spiro atoms. The van der Waals surface area contributed by atoms with Crippen molar-refractivity contribution in [1.82, 2.24) is 4.90 Å². The number of fused-ring (bicyclic) bond motifs is 2. The van der Waals surface area contributed by atoms with Gasteiger partial charge in [-0.05, 0) is 37.3 Å². The highest BCUT2D eigenvalue weighted by Crippen LogP contribution is 2.38. The fraction of sp³-hybridized carbons (Fsp3) is 0.538. The van der Waals surface area contributed by atoms with E-state index in [1.807, 2.05) is 12.1 Å². The van der Waals surface area contributed by atoms with Crippen molar-refractivity contribution in [3.63, 3.8) is 0 Å². The van der Waals surface area contributed by atoms with Crippen molar-refractivity contribution in [1.29, 1.82) is 0 Å². The molecule has 2 aliphatic rings. The van der Waals surface area contributed by atoms with Gasteiger partial charge in [0.15, 0.2) is 0 Å². The van der Waals surface area contributed by atoms with Crippen molar-refractivity contribution < 1.29 is 0 Å². The monoisotopic (exact) mass is 221 g/mol. The van der Waals surface area contributed by atoms with E-state index in [2.05, 4.69) is 17.0 Å². The molecule has 3 rings (SSSR count). The van der Waals surface area contributed by atoms with Gasteiger partial charge < -0.3 is 0 Å². The Hall–Kier alpha value is -0.530. The zero-order valence-corrected chi connectivity index (χ0v) is 9.58. The first-order valence-electron chi connectivity index (χ1n) is 5.84. The van der Waals surface area contributed by atoms with Gasteiger partial charge in [0.05, 0.1) is 0 Å². The number of rotatable bonds is 2. The van der Waals surface area contributed by atoms with Crippen LogP contribution in [0.3, 0.4) is 0 Å². The van der Waals surface area contributed by atoms with Crippen molar-refractivity contribution in [2.24, 2.45) is 0 Å². The average Bonchev–Trinajstić information content (AvgIpc) is 2.81. The fourth-order valence-corrected chi connectivity index (χ4v) is 3.30. The molecule has 2 heteroatoms. The largest absolute Gasteiger partial charge is 0.293 e. The number of halogens is 1. The second-order valence-corrected chi connectivity index (χ2v) is 5.13. The van der Waals surface area contributed by atoms with Crippen LogP contribution in [0.15, 0.2) is 24.3 Å². The number of hydrogen-bond donors (Lipinski definition) is 0. The van der Waals surface area contributed by atoms with Crippen LogP contribution >= 0.6 is 11.6 Å². The van der Waals surface area contributed by atoms with Crippen LogP contribution in [0.1, 0.15) is 31.2 Å². The predicted molar refractivity (Wildman–Crippen MR) is 63.0 cm³/mol. The molecule has 0 saturated carbocycles. The zero-order valence-electron chi connectivity index (χ0n) is 8.82. The van der Waals surface area contributed by atoms with Crippen molar-refractivity contribution in [3.05, 3.63) is 34.9 Å². The minimum absolute atomic E-state index is 0.839. The molecule has 2 bridgehead atoms.